The molecular formula is C17H28O7. The maximum atomic E-state index is 10.3. The Morgan fingerprint density at radius 3 is 1.58 bits per heavy atom. The first-order chi connectivity index (χ1) is 11.1. The summed E-state index contributed by atoms with van der Waals surface area (Å²) < 4.78 is 9.17. The van der Waals surface area contributed by atoms with E-state index < -0.39 is 11.9 Å². The van der Waals surface area contributed by atoms with Crippen molar-refractivity contribution in [3.63, 3.8) is 0 Å². The van der Waals surface area contributed by atoms with Gasteiger partial charge < -0.3 is 19.7 Å². The number of rotatable bonds is 6. The quantitative estimate of drug-likeness (QED) is 0.329. The molecule has 138 valence electrons. The van der Waals surface area contributed by atoms with Gasteiger partial charge in [0.25, 0.3) is 0 Å². The second-order valence-electron chi connectivity index (χ2n) is 4.51. The van der Waals surface area contributed by atoms with Crippen molar-refractivity contribution in [1.82, 2.24) is 0 Å². The van der Waals surface area contributed by atoms with Gasteiger partial charge >= 0.3 is 17.9 Å². The Morgan fingerprint density at radius 2 is 1.42 bits per heavy atom. The van der Waals surface area contributed by atoms with E-state index in [9.17, 15) is 14.4 Å². The summed E-state index contributed by atoms with van der Waals surface area (Å²) in [4.78, 5) is 29.5. The van der Waals surface area contributed by atoms with Crippen LogP contribution in [0.5, 0.6) is 0 Å². The van der Waals surface area contributed by atoms with Gasteiger partial charge in [-0.3, -0.25) is 0 Å². The van der Waals surface area contributed by atoms with Crippen molar-refractivity contribution in [3.8, 4) is 0 Å². The van der Waals surface area contributed by atoms with Gasteiger partial charge in [0, 0.05) is 17.2 Å². The van der Waals surface area contributed by atoms with Crippen molar-refractivity contribution in [3.05, 3.63) is 37.0 Å². The molecule has 1 fully saturated rings. The highest BCUT2D eigenvalue weighted by atomic mass is 16.6. The molecule has 1 heterocycles. The number of aliphatic carboxylic acids is 2. The molecule has 0 bridgehead atoms. The fourth-order valence-electron chi connectivity index (χ4n) is 0.376. The molecule has 1 saturated heterocycles. The minimum Gasteiger partial charge on any atom is -0.478 e. The summed E-state index contributed by atoms with van der Waals surface area (Å²) in [6, 6.07) is 0. The van der Waals surface area contributed by atoms with E-state index in [4.69, 9.17) is 10.2 Å². The lowest BCUT2D eigenvalue weighted by atomic mass is 10.4. The van der Waals surface area contributed by atoms with Gasteiger partial charge in [0.2, 0.25) is 0 Å². The molecule has 1 aliphatic rings. The molecule has 2 N–H and O–H groups in total. The highest BCUT2D eigenvalue weighted by Gasteiger charge is 1.94. The summed E-state index contributed by atoms with van der Waals surface area (Å²) in [5, 5.41) is 15.8. The molecule has 1 rings (SSSR count). The molecule has 0 aromatic heterocycles. The van der Waals surface area contributed by atoms with Crippen LogP contribution in [0.3, 0.4) is 0 Å². The number of carboxylic acids is 2. The number of epoxide rings is 1. The molecule has 24 heavy (non-hydrogen) atoms. The van der Waals surface area contributed by atoms with Gasteiger partial charge in [0.1, 0.15) is 0 Å². The van der Waals surface area contributed by atoms with Crippen LogP contribution in [0.2, 0.25) is 0 Å². The molecule has 0 aromatic carbocycles. The van der Waals surface area contributed by atoms with Crippen LogP contribution in [0.4, 0.5) is 0 Å². The molecule has 0 amide bonds. The average molecular weight is 344 g/mol. The van der Waals surface area contributed by atoms with E-state index in [1.165, 1.54) is 19.9 Å². The van der Waals surface area contributed by atoms with Crippen LogP contribution in [-0.4, -0.2) is 47.9 Å². The van der Waals surface area contributed by atoms with E-state index in [0.717, 1.165) is 26.1 Å². The van der Waals surface area contributed by atoms with Crippen molar-refractivity contribution in [2.45, 2.75) is 33.6 Å². The fraction of sp³-hybridized carbons (Fsp3) is 0.471. The average Bonchev–Trinajstić information content (AvgIpc) is 3.37. The number of hydrogen-bond acceptors (Lipinski definition) is 5. The lowest BCUT2D eigenvalue weighted by Gasteiger charge is -1.97. The number of carbonyl (C=O) groups excluding carboxylic acids is 1. The minimum absolute atomic E-state index is 0.176. The molecule has 7 nitrogen and oxygen atoms in total. The summed E-state index contributed by atoms with van der Waals surface area (Å²) >= 11 is 0. The van der Waals surface area contributed by atoms with E-state index in [1.54, 1.807) is 0 Å². The summed E-state index contributed by atoms with van der Waals surface area (Å²) in [7, 11) is 0. The Labute approximate surface area is 143 Å². The number of hydrogen-bond donors (Lipinski definition) is 2. The number of carbonyl (C=O) groups is 3. The second kappa shape index (κ2) is 18.6. The van der Waals surface area contributed by atoms with Gasteiger partial charge in [-0.05, 0) is 20.3 Å². The number of carboxylic acid groups (broad SMARTS) is 2. The third-order valence-corrected chi connectivity index (χ3v) is 1.84. The predicted molar refractivity (Wildman–Crippen MR) is 91.8 cm³/mol. The van der Waals surface area contributed by atoms with Crippen LogP contribution in [0.15, 0.2) is 37.0 Å². The van der Waals surface area contributed by atoms with Crippen LogP contribution in [0, 0.1) is 0 Å². The lowest BCUT2D eigenvalue weighted by molar-refractivity contribution is -0.138. The standard InChI is InChI=1S/C7H12O2.2C4H6O2.C2H4O/c1-3-5-6-9-7(8)4-2;2*1-3(2)4(5)6;1-2-3-1/h4H,2-3,5-6H2,1H3;2*1H2,2H3,(H,5,6);1-2H2. The van der Waals surface area contributed by atoms with Gasteiger partial charge in [-0.25, -0.2) is 14.4 Å². The molecule has 0 radical (unpaired) electrons. The van der Waals surface area contributed by atoms with Crippen molar-refractivity contribution in [1.29, 1.82) is 0 Å². The normalized spacial score (nSPS) is 9.96. The maximum Gasteiger partial charge on any atom is 0.330 e. The van der Waals surface area contributed by atoms with Crippen LogP contribution >= 0.6 is 0 Å². The van der Waals surface area contributed by atoms with E-state index in [0.29, 0.717) is 6.61 Å². The largest absolute Gasteiger partial charge is 0.478 e. The summed E-state index contributed by atoms with van der Waals surface area (Å²) in [5.41, 5.74) is 0.352. The van der Waals surface area contributed by atoms with E-state index >= 15 is 0 Å². The zero-order valence-electron chi connectivity index (χ0n) is 14.7. The molecule has 0 spiro atoms. The van der Waals surface area contributed by atoms with Gasteiger partial charge in [-0.15, -0.1) is 0 Å². The summed E-state index contributed by atoms with van der Waals surface area (Å²) in [6.07, 6.45) is 3.15. The predicted octanol–water partition coefficient (Wildman–Crippen LogP) is 2.83. The Bertz CT molecular complexity index is 372. The molecule has 0 aliphatic carbocycles. The molecule has 1 aliphatic heterocycles. The maximum absolute atomic E-state index is 10.3. The monoisotopic (exact) mass is 344 g/mol. The van der Waals surface area contributed by atoms with Crippen molar-refractivity contribution >= 4 is 17.9 Å². The first-order valence-corrected chi connectivity index (χ1v) is 7.24. The second-order valence-corrected chi connectivity index (χ2v) is 4.51. The molecule has 0 unspecified atom stereocenters. The summed E-state index contributed by atoms with van der Waals surface area (Å²) in [5.74, 6) is -2.20. The van der Waals surface area contributed by atoms with Crippen LogP contribution in [-0.2, 0) is 23.9 Å². The third kappa shape index (κ3) is 36.7. The van der Waals surface area contributed by atoms with E-state index in [-0.39, 0.29) is 17.1 Å². The van der Waals surface area contributed by atoms with Crippen LogP contribution < -0.4 is 0 Å². The minimum atomic E-state index is -0.935. The van der Waals surface area contributed by atoms with Crippen molar-refractivity contribution < 1.29 is 34.1 Å². The SMILES string of the molecule is C1CO1.C=C(C)C(=O)O.C=C(C)C(=O)O.C=CC(=O)OCCCC. The zero-order chi connectivity index (χ0) is 19.5. The first kappa shape index (κ1) is 26.5. The fourth-order valence-corrected chi connectivity index (χ4v) is 0.376. The Morgan fingerprint density at radius 1 is 1.08 bits per heavy atom. The van der Waals surface area contributed by atoms with Gasteiger partial charge in [0.05, 0.1) is 19.8 Å². The Kier molecular flexibility index (Phi) is 20.6. The van der Waals surface area contributed by atoms with E-state index in [2.05, 4.69) is 29.2 Å². The highest BCUT2D eigenvalue weighted by molar-refractivity contribution is 5.85. The van der Waals surface area contributed by atoms with Crippen molar-refractivity contribution in [2.75, 3.05) is 19.8 Å². The van der Waals surface area contributed by atoms with Crippen LogP contribution in [0.25, 0.3) is 0 Å². The number of unbranched alkanes of at least 4 members (excludes halogenated alkanes) is 1. The smallest absolute Gasteiger partial charge is 0.330 e. The zero-order valence-corrected chi connectivity index (χ0v) is 14.7. The molecule has 7 heteroatoms. The molecular weight excluding hydrogens is 316 g/mol. The topological polar surface area (TPSA) is 113 Å². The van der Waals surface area contributed by atoms with Gasteiger partial charge in [0.15, 0.2) is 0 Å². The van der Waals surface area contributed by atoms with Crippen LogP contribution in [0.1, 0.15) is 33.6 Å². The summed E-state index contributed by atoms with van der Waals surface area (Å²) in [6.45, 7) is 17.0. The van der Waals surface area contributed by atoms with Crippen molar-refractivity contribution in [2.24, 2.45) is 0 Å². The Balaban J connectivity index is -0.000000259. The van der Waals surface area contributed by atoms with Gasteiger partial charge in [-0.1, -0.05) is 33.1 Å². The highest BCUT2D eigenvalue weighted by Crippen LogP contribution is 1.88. The van der Waals surface area contributed by atoms with Gasteiger partial charge in [-0.2, -0.15) is 0 Å². The lowest BCUT2D eigenvalue weighted by Crippen LogP contribution is -2.00. The first-order valence-electron chi connectivity index (χ1n) is 7.24. The number of esters is 1. The van der Waals surface area contributed by atoms with E-state index in [1.807, 2.05) is 6.92 Å². The molecule has 0 saturated carbocycles. The molecule has 0 atom stereocenters. The Hall–Kier alpha value is -2.41. The third-order valence-electron chi connectivity index (χ3n) is 1.84. The molecule has 0 aromatic rings. The number of ether oxygens (including phenoxy) is 2.